The van der Waals surface area contributed by atoms with Gasteiger partial charge in [0.05, 0.1) is 5.56 Å². The Morgan fingerprint density at radius 3 is 2.25 bits per heavy atom. The highest BCUT2D eigenvalue weighted by Crippen LogP contribution is 2.30. The minimum absolute atomic E-state index is 0.0185. The summed E-state index contributed by atoms with van der Waals surface area (Å²) in [5.41, 5.74) is 6.10. The van der Waals surface area contributed by atoms with Crippen LogP contribution in [0.15, 0.2) is 34.7 Å². The number of esters is 2. The average Bonchev–Trinajstić information content (AvgIpc) is 3.20. The number of hydrogen-bond donors (Lipinski definition) is 1. The van der Waals surface area contributed by atoms with Crippen molar-refractivity contribution in [2.75, 3.05) is 13.2 Å². The quantitative estimate of drug-likeness (QED) is 0.228. The number of carbonyl (C=O) groups is 5. The molecule has 168 valence electrons. The van der Waals surface area contributed by atoms with Gasteiger partial charge in [0.15, 0.2) is 17.3 Å². The minimum Gasteiger partial charge on any atom is -0.462 e. The Labute approximate surface area is 183 Å². The molecule has 1 aromatic carbocycles. The van der Waals surface area contributed by atoms with Gasteiger partial charge in [0, 0.05) is 11.1 Å². The fourth-order valence-electron chi connectivity index (χ4n) is 3.29. The molecule has 0 spiro atoms. The van der Waals surface area contributed by atoms with E-state index in [4.69, 9.17) is 19.6 Å². The maximum atomic E-state index is 12.6. The molecule has 0 aliphatic heterocycles. The van der Waals surface area contributed by atoms with E-state index in [-0.39, 0.29) is 47.3 Å². The van der Waals surface area contributed by atoms with Crippen molar-refractivity contribution in [3.05, 3.63) is 58.5 Å². The molecular weight excluding hydrogens is 418 g/mol. The number of carbonyl (C=O) groups excluding carboxylic acids is 5. The lowest BCUT2D eigenvalue weighted by Gasteiger charge is -2.13. The zero-order valence-corrected chi connectivity index (χ0v) is 17.7. The molecule has 1 atom stereocenters. The highest BCUT2D eigenvalue weighted by atomic mass is 16.6. The van der Waals surface area contributed by atoms with Gasteiger partial charge in [-0.2, -0.15) is 0 Å². The first-order chi connectivity index (χ1) is 15.2. The van der Waals surface area contributed by atoms with Crippen LogP contribution in [0, 0.1) is 5.92 Å². The Morgan fingerprint density at radius 1 is 0.969 bits per heavy atom. The zero-order chi connectivity index (χ0) is 23.4. The van der Waals surface area contributed by atoms with E-state index in [0.717, 1.165) is 0 Å². The molecule has 32 heavy (non-hydrogen) atoms. The molecule has 1 heterocycles. The first kappa shape index (κ1) is 23.1. The summed E-state index contributed by atoms with van der Waals surface area (Å²) >= 11 is 0. The number of furan rings is 1. The van der Waals surface area contributed by atoms with E-state index in [1.54, 1.807) is 12.1 Å². The molecule has 2 aromatic rings. The number of rotatable bonds is 9. The molecule has 0 radical (unpaired) electrons. The van der Waals surface area contributed by atoms with E-state index in [1.165, 1.54) is 18.2 Å². The molecule has 0 fully saturated rings. The summed E-state index contributed by atoms with van der Waals surface area (Å²) in [4.78, 5) is 61.1. The van der Waals surface area contributed by atoms with E-state index >= 15 is 0 Å². The SMILES string of the molecule is CC(C)C[C@H](N)C(=O)OCCOC(=O)CC(=O)c1cc2c(o1)C(=O)c1ccccc1C2=O. The van der Waals surface area contributed by atoms with Crippen LogP contribution in [0.1, 0.15) is 69.3 Å². The molecular formula is C23H23NO8. The van der Waals surface area contributed by atoms with Crippen LogP contribution >= 0.6 is 0 Å². The fourth-order valence-corrected chi connectivity index (χ4v) is 3.29. The normalized spacial score (nSPS) is 13.4. The second-order valence-corrected chi connectivity index (χ2v) is 7.78. The molecule has 9 heteroatoms. The van der Waals surface area contributed by atoms with Crippen molar-refractivity contribution in [2.45, 2.75) is 32.7 Å². The van der Waals surface area contributed by atoms with Crippen LogP contribution in [-0.4, -0.2) is 48.5 Å². The lowest BCUT2D eigenvalue weighted by Crippen LogP contribution is -2.34. The van der Waals surface area contributed by atoms with Crippen LogP contribution in [0.2, 0.25) is 0 Å². The third-order valence-corrected chi connectivity index (χ3v) is 4.80. The Kier molecular flexibility index (Phi) is 6.99. The third kappa shape index (κ3) is 5.00. The smallest absolute Gasteiger partial charge is 0.323 e. The molecule has 1 aliphatic carbocycles. The van der Waals surface area contributed by atoms with Crippen LogP contribution in [0.25, 0.3) is 0 Å². The van der Waals surface area contributed by atoms with Gasteiger partial charge in [-0.15, -0.1) is 0 Å². The molecule has 2 N–H and O–H groups in total. The molecule has 0 saturated carbocycles. The first-order valence-electron chi connectivity index (χ1n) is 10.1. The number of benzene rings is 1. The number of Topliss-reactive ketones (excluding diaryl/α,β-unsaturated/α-hetero) is 1. The van der Waals surface area contributed by atoms with Crippen LogP contribution in [-0.2, 0) is 19.1 Å². The lowest BCUT2D eigenvalue weighted by atomic mass is 9.88. The van der Waals surface area contributed by atoms with E-state index in [2.05, 4.69) is 0 Å². The van der Waals surface area contributed by atoms with Crippen molar-refractivity contribution in [2.24, 2.45) is 11.7 Å². The zero-order valence-electron chi connectivity index (χ0n) is 17.7. The number of nitrogens with two attached hydrogens (primary N) is 1. The Balaban J connectivity index is 1.53. The summed E-state index contributed by atoms with van der Waals surface area (Å²) in [5, 5.41) is 0. The van der Waals surface area contributed by atoms with Crippen molar-refractivity contribution in [1.82, 2.24) is 0 Å². The lowest BCUT2D eigenvalue weighted by molar-refractivity contribution is -0.152. The van der Waals surface area contributed by atoms with Gasteiger partial charge >= 0.3 is 11.9 Å². The van der Waals surface area contributed by atoms with Crippen molar-refractivity contribution < 1.29 is 37.9 Å². The third-order valence-electron chi connectivity index (χ3n) is 4.80. The van der Waals surface area contributed by atoms with Crippen LogP contribution in [0.3, 0.4) is 0 Å². The van der Waals surface area contributed by atoms with Crippen molar-refractivity contribution >= 4 is 29.3 Å². The molecule has 9 nitrogen and oxygen atoms in total. The van der Waals surface area contributed by atoms with Gasteiger partial charge in [-0.1, -0.05) is 38.1 Å². The van der Waals surface area contributed by atoms with Crippen molar-refractivity contribution in [3.63, 3.8) is 0 Å². The van der Waals surface area contributed by atoms with Crippen LogP contribution in [0.4, 0.5) is 0 Å². The summed E-state index contributed by atoms with van der Waals surface area (Å²) in [6.07, 6.45) is -0.196. The molecule has 0 bridgehead atoms. The monoisotopic (exact) mass is 441 g/mol. The number of fused-ring (bicyclic) bond motifs is 2. The predicted molar refractivity (Wildman–Crippen MR) is 110 cm³/mol. The van der Waals surface area contributed by atoms with Crippen molar-refractivity contribution in [3.8, 4) is 0 Å². The Bertz CT molecular complexity index is 1030. The standard InChI is InChI=1S/C23H23NO8/c1-12(2)9-16(24)23(29)31-8-7-30-19(26)11-17(25)18-10-15-20(27)13-5-3-4-6-14(13)21(28)22(15)32-18/h3-6,10,12,16H,7-9,11,24H2,1-2H3/t16-/m0/s1. The van der Waals surface area contributed by atoms with Gasteiger partial charge in [0.1, 0.15) is 25.7 Å². The summed E-state index contributed by atoms with van der Waals surface area (Å²) in [5.74, 6) is -3.43. The number of ketones is 3. The second-order valence-electron chi connectivity index (χ2n) is 7.78. The van der Waals surface area contributed by atoms with Gasteiger partial charge in [-0.3, -0.25) is 24.0 Å². The maximum absolute atomic E-state index is 12.6. The topological polar surface area (TPSA) is 143 Å². The molecule has 3 rings (SSSR count). The Morgan fingerprint density at radius 2 is 1.59 bits per heavy atom. The maximum Gasteiger partial charge on any atom is 0.323 e. The number of ether oxygens (including phenoxy) is 2. The molecule has 0 saturated heterocycles. The van der Waals surface area contributed by atoms with Crippen molar-refractivity contribution in [1.29, 1.82) is 0 Å². The summed E-state index contributed by atoms with van der Waals surface area (Å²) in [7, 11) is 0. The first-order valence-corrected chi connectivity index (χ1v) is 10.1. The van der Waals surface area contributed by atoms with Gasteiger partial charge in [-0.05, 0) is 18.4 Å². The van der Waals surface area contributed by atoms with E-state index in [0.29, 0.717) is 6.42 Å². The van der Waals surface area contributed by atoms with E-state index in [9.17, 15) is 24.0 Å². The minimum atomic E-state index is -0.868. The molecule has 1 aromatic heterocycles. The Hall–Kier alpha value is -3.59. The van der Waals surface area contributed by atoms with Crippen LogP contribution in [0.5, 0.6) is 0 Å². The second kappa shape index (κ2) is 9.69. The molecule has 1 aliphatic rings. The highest BCUT2D eigenvalue weighted by Gasteiger charge is 2.34. The highest BCUT2D eigenvalue weighted by molar-refractivity contribution is 6.28. The molecule has 0 unspecified atom stereocenters. The van der Waals surface area contributed by atoms with Gasteiger partial charge in [0.25, 0.3) is 0 Å². The van der Waals surface area contributed by atoms with E-state index < -0.39 is 41.8 Å². The van der Waals surface area contributed by atoms with E-state index in [1.807, 2.05) is 13.8 Å². The largest absolute Gasteiger partial charge is 0.462 e. The summed E-state index contributed by atoms with van der Waals surface area (Å²) < 4.78 is 15.1. The fraction of sp³-hybridized carbons (Fsp3) is 0.348. The van der Waals surface area contributed by atoms with Crippen LogP contribution < -0.4 is 5.73 Å². The average molecular weight is 441 g/mol. The predicted octanol–water partition coefficient (Wildman–Crippen LogP) is 2.09. The summed E-state index contributed by atoms with van der Waals surface area (Å²) in [6, 6.07) is 6.68. The molecule has 0 amide bonds. The summed E-state index contributed by atoms with van der Waals surface area (Å²) in [6.45, 7) is 3.41. The number of hydrogen-bond acceptors (Lipinski definition) is 9. The van der Waals surface area contributed by atoms with Gasteiger partial charge in [-0.25, -0.2) is 0 Å². The van der Waals surface area contributed by atoms with Gasteiger partial charge in [0.2, 0.25) is 11.6 Å². The van der Waals surface area contributed by atoms with Gasteiger partial charge < -0.3 is 19.6 Å².